The average Bonchev–Trinajstić information content (AvgIpc) is 2.53. The highest BCUT2D eigenvalue weighted by Crippen LogP contribution is 2.14. The van der Waals surface area contributed by atoms with Gasteiger partial charge in [0.05, 0.1) is 5.56 Å². The molecule has 1 amide bonds. The Kier molecular flexibility index (Phi) is 5.44. The van der Waals surface area contributed by atoms with Gasteiger partial charge in [0.15, 0.2) is 0 Å². The minimum absolute atomic E-state index is 0.135. The van der Waals surface area contributed by atoms with Crippen molar-refractivity contribution in [3.05, 3.63) is 77.1 Å². The van der Waals surface area contributed by atoms with Gasteiger partial charge in [-0.25, -0.2) is 0 Å². The van der Waals surface area contributed by atoms with E-state index in [4.69, 9.17) is 5.73 Å². The number of aromatic nitrogens is 1. The Morgan fingerprint density at radius 2 is 2.00 bits per heavy atom. The SMILES string of the molecule is C=C(C)CNC(=O)c1cncc(Cc2ccccc2CN)c1. The standard InChI is InChI=1S/C18H21N3O/c1-13(2)10-21-18(22)17-8-14(11-20-12-17)7-15-5-3-4-6-16(15)9-19/h3-6,8,11-12H,1,7,9-10,19H2,2H3,(H,21,22). The third-order valence-electron chi connectivity index (χ3n) is 3.34. The molecule has 1 aromatic heterocycles. The van der Waals surface area contributed by atoms with Gasteiger partial charge < -0.3 is 11.1 Å². The van der Waals surface area contributed by atoms with Crippen LogP contribution in [0.15, 0.2) is 54.9 Å². The van der Waals surface area contributed by atoms with Crippen molar-refractivity contribution in [2.45, 2.75) is 19.9 Å². The highest BCUT2D eigenvalue weighted by Gasteiger charge is 2.08. The zero-order valence-corrected chi connectivity index (χ0v) is 12.8. The highest BCUT2D eigenvalue weighted by atomic mass is 16.1. The van der Waals surface area contributed by atoms with Crippen LogP contribution in [0.4, 0.5) is 0 Å². The van der Waals surface area contributed by atoms with Gasteiger partial charge in [0.1, 0.15) is 0 Å². The molecule has 2 aromatic rings. The summed E-state index contributed by atoms with van der Waals surface area (Å²) in [5.74, 6) is -0.135. The fourth-order valence-electron chi connectivity index (χ4n) is 2.19. The number of benzene rings is 1. The van der Waals surface area contributed by atoms with E-state index in [0.29, 0.717) is 25.1 Å². The first-order chi connectivity index (χ1) is 10.6. The number of carbonyl (C=O) groups excluding carboxylic acids is 1. The van der Waals surface area contributed by atoms with E-state index in [-0.39, 0.29) is 5.91 Å². The van der Waals surface area contributed by atoms with E-state index in [0.717, 1.165) is 22.3 Å². The topological polar surface area (TPSA) is 68.0 Å². The summed E-state index contributed by atoms with van der Waals surface area (Å²) in [6.45, 7) is 6.62. The molecular formula is C18H21N3O. The second-order valence-corrected chi connectivity index (χ2v) is 5.37. The van der Waals surface area contributed by atoms with Gasteiger partial charge in [0.25, 0.3) is 5.91 Å². The van der Waals surface area contributed by atoms with E-state index in [1.54, 1.807) is 12.4 Å². The lowest BCUT2D eigenvalue weighted by Gasteiger charge is -2.09. The van der Waals surface area contributed by atoms with Gasteiger partial charge in [0.2, 0.25) is 0 Å². The van der Waals surface area contributed by atoms with E-state index < -0.39 is 0 Å². The Morgan fingerprint density at radius 1 is 1.27 bits per heavy atom. The number of amides is 1. The third kappa shape index (κ3) is 4.27. The predicted octanol–water partition coefficient (Wildman–Crippen LogP) is 2.44. The second kappa shape index (κ2) is 7.52. The molecule has 0 fully saturated rings. The van der Waals surface area contributed by atoms with Gasteiger partial charge >= 0.3 is 0 Å². The third-order valence-corrected chi connectivity index (χ3v) is 3.34. The Hall–Kier alpha value is -2.46. The van der Waals surface area contributed by atoms with Gasteiger partial charge in [-0.15, -0.1) is 0 Å². The van der Waals surface area contributed by atoms with E-state index in [9.17, 15) is 4.79 Å². The van der Waals surface area contributed by atoms with Crippen LogP contribution in [0.3, 0.4) is 0 Å². The van der Waals surface area contributed by atoms with Crippen molar-refractivity contribution in [1.29, 1.82) is 0 Å². The minimum Gasteiger partial charge on any atom is -0.348 e. The number of nitrogens with one attached hydrogen (secondary N) is 1. The fraction of sp³-hybridized carbons (Fsp3) is 0.222. The zero-order valence-electron chi connectivity index (χ0n) is 12.8. The quantitative estimate of drug-likeness (QED) is 0.804. The van der Waals surface area contributed by atoms with Crippen LogP contribution < -0.4 is 11.1 Å². The van der Waals surface area contributed by atoms with E-state index in [1.807, 2.05) is 31.2 Å². The molecule has 3 N–H and O–H groups in total. The zero-order chi connectivity index (χ0) is 15.9. The fourth-order valence-corrected chi connectivity index (χ4v) is 2.19. The molecule has 0 unspecified atom stereocenters. The number of nitrogens with two attached hydrogens (primary N) is 1. The van der Waals surface area contributed by atoms with Crippen LogP contribution in [0.5, 0.6) is 0 Å². The largest absolute Gasteiger partial charge is 0.348 e. The molecule has 22 heavy (non-hydrogen) atoms. The monoisotopic (exact) mass is 295 g/mol. The molecule has 0 saturated heterocycles. The molecule has 0 saturated carbocycles. The number of carbonyl (C=O) groups is 1. The van der Waals surface area contributed by atoms with Crippen molar-refractivity contribution in [1.82, 2.24) is 10.3 Å². The molecule has 0 spiro atoms. The van der Waals surface area contributed by atoms with Crippen LogP contribution >= 0.6 is 0 Å². The van der Waals surface area contributed by atoms with Gasteiger partial charge in [-0.3, -0.25) is 9.78 Å². The lowest BCUT2D eigenvalue weighted by atomic mass is 10.00. The van der Waals surface area contributed by atoms with Crippen LogP contribution in [0.2, 0.25) is 0 Å². The molecule has 1 heterocycles. The molecule has 0 aliphatic carbocycles. The van der Waals surface area contributed by atoms with Crippen LogP contribution in [0.1, 0.15) is 34.0 Å². The van der Waals surface area contributed by atoms with Gasteiger partial charge in [0, 0.05) is 25.5 Å². The van der Waals surface area contributed by atoms with Crippen molar-refractivity contribution >= 4 is 5.91 Å². The first kappa shape index (κ1) is 15.9. The number of nitrogens with zero attached hydrogens (tertiary/aromatic N) is 1. The molecule has 0 radical (unpaired) electrons. The maximum absolute atomic E-state index is 12.1. The Balaban J connectivity index is 2.14. The summed E-state index contributed by atoms with van der Waals surface area (Å²) in [6, 6.07) is 9.91. The highest BCUT2D eigenvalue weighted by molar-refractivity contribution is 5.94. The second-order valence-electron chi connectivity index (χ2n) is 5.37. The van der Waals surface area contributed by atoms with Gasteiger partial charge in [-0.1, -0.05) is 36.4 Å². The Bertz CT molecular complexity index is 680. The summed E-state index contributed by atoms with van der Waals surface area (Å²) in [7, 11) is 0. The molecule has 0 bridgehead atoms. The molecule has 4 nitrogen and oxygen atoms in total. The number of hydrogen-bond donors (Lipinski definition) is 2. The van der Waals surface area contributed by atoms with Gasteiger partial charge in [-0.05, 0) is 36.1 Å². The molecule has 4 heteroatoms. The first-order valence-corrected chi connectivity index (χ1v) is 7.23. The van der Waals surface area contributed by atoms with Crippen molar-refractivity contribution in [3.8, 4) is 0 Å². The van der Waals surface area contributed by atoms with Crippen molar-refractivity contribution in [3.63, 3.8) is 0 Å². The molecule has 1 aromatic carbocycles. The molecule has 2 rings (SSSR count). The van der Waals surface area contributed by atoms with Crippen molar-refractivity contribution in [2.75, 3.05) is 6.54 Å². The summed E-state index contributed by atoms with van der Waals surface area (Å²) in [4.78, 5) is 16.2. The van der Waals surface area contributed by atoms with Crippen molar-refractivity contribution < 1.29 is 4.79 Å². The van der Waals surface area contributed by atoms with Crippen LogP contribution in [0.25, 0.3) is 0 Å². The van der Waals surface area contributed by atoms with Gasteiger partial charge in [-0.2, -0.15) is 0 Å². The number of pyridine rings is 1. The van der Waals surface area contributed by atoms with Crippen LogP contribution in [0, 0.1) is 0 Å². The summed E-state index contributed by atoms with van der Waals surface area (Å²) in [6.07, 6.45) is 4.07. The maximum atomic E-state index is 12.1. The summed E-state index contributed by atoms with van der Waals surface area (Å²) < 4.78 is 0. The van der Waals surface area contributed by atoms with Crippen LogP contribution in [-0.2, 0) is 13.0 Å². The molecular weight excluding hydrogens is 274 g/mol. The lowest BCUT2D eigenvalue weighted by molar-refractivity contribution is 0.0956. The number of hydrogen-bond acceptors (Lipinski definition) is 3. The molecule has 114 valence electrons. The van der Waals surface area contributed by atoms with E-state index >= 15 is 0 Å². The first-order valence-electron chi connectivity index (χ1n) is 7.23. The lowest BCUT2D eigenvalue weighted by Crippen LogP contribution is -2.25. The van der Waals surface area contributed by atoms with Crippen LogP contribution in [-0.4, -0.2) is 17.4 Å². The smallest absolute Gasteiger partial charge is 0.253 e. The Morgan fingerprint density at radius 3 is 2.68 bits per heavy atom. The maximum Gasteiger partial charge on any atom is 0.253 e. The minimum atomic E-state index is -0.135. The normalized spacial score (nSPS) is 10.3. The molecule has 0 aliphatic heterocycles. The van der Waals surface area contributed by atoms with Crippen molar-refractivity contribution in [2.24, 2.45) is 5.73 Å². The summed E-state index contributed by atoms with van der Waals surface area (Å²) >= 11 is 0. The average molecular weight is 295 g/mol. The summed E-state index contributed by atoms with van der Waals surface area (Å²) in [5, 5.41) is 2.81. The Labute approximate surface area is 131 Å². The number of rotatable bonds is 6. The molecule has 0 aliphatic rings. The van der Waals surface area contributed by atoms with E-state index in [1.165, 1.54) is 0 Å². The summed E-state index contributed by atoms with van der Waals surface area (Å²) in [5.41, 5.74) is 10.5. The predicted molar refractivity (Wildman–Crippen MR) is 88.5 cm³/mol. The van der Waals surface area contributed by atoms with E-state index in [2.05, 4.69) is 22.9 Å². The molecule has 0 atom stereocenters.